The van der Waals surface area contributed by atoms with E-state index < -0.39 is 0 Å². The molecule has 0 bridgehead atoms. The Kier molecular flexibility index (Phi) is 5.32. The molecule has 0 radical (unpaired) electrons. The molecule has 0 spiro atoms. The highest BCUT2D eigenvalue weighted by Gasteiger charge is 2.33. The lowest BCUT2D eigenvalue weighted by Gasteiger charge is -2.20. The number of anilines is 1. The van der Waals surface area contributed by atoms with Gasteiger partial charge in [-0.05, 0) is 55.0 Å². The number of amides is 1. The minimum absolute atomic E-state index is 0.169. The molecule has 0 fully saturated rings. The Labute approximate surface area is 178 Å². The number of aryl methyl sites for hydroxylation is 1. The molecule has 144 valence electrons. The summed E-state index contributed by atoms with van der Waals surface area (Å²) in [5.74, 6) is 1.05. The van der Waals surface area contributed by atoms with Crippen molar-refractivity contribution in [3.63, 3.8) is 0 Å². The van der Waals surface area contributed by atoms with E-state index in [2.05, 4.69) is 15.9 Å². The van der Waals surface area contributed by atoms with Gasteiger partial charge in [0, 0.05) is 4.47 Å². The number of halogens is 1. The third kappa shape index (κ3) is 3.87. The number of para-hydroxylation sites is 1. The fourth-order valence-corrected chi connectivity index (χ4v) is 3.44. The molecule has 4 nitrogen and oxygen atoms in total. The maximum atomic E-state index is 13.3. The van der Waals surface area contributed by atoms with Gasteiger partial charge in [-0.15, -0.1) is 0 Å². The van der Waals surface area contributed by atoms with Crippen molar-refractivity contribution in [2.45, 2.75) is 6.92 Å². The van der Waals surface area contributed by atoms with Gasteiger partial charge in [0.2, 0.25) is 0 Å². The molecular formula is C24H19BrN2O2. The number of carbonyl (C=O) groups excluding carboxylic acids is 1. The van der Waals surface area contributed by atoms with Crippen LogP contribution in [0.3, 0.4) is 0 Å². The Bertz CT molecular complexity index is 1120. The van der Waals surface area contributed by atoms with Crippen molar-refractivity contribution in [2.75, 3.05) is 12.0 Å². The first-order chi connectivity index (χ1) is 14.1. The zero-order chi connectivity index (χ0) is 20.4. The first kappa shape index (κ1) is 19.2. The number of ether oxygens (including phenoxy) is 1. The van der Waals surface area contributed by atoms with Crippen LogP contribution in [0.5, 0.6) is 5.75 Å². The Morgan fingerprint density at radius 3 is 2.34 bits per heavy atom. The third-order valence-electron chi connectivity index (χ3n) is 4.67. The fraction of sp³-hybridized carbons (Fsp3) is 0.0833. The number of hydrogen-bond acceptors (Lipinski definition) is 3. The minimum Gasteiger partial charge on any atom is -0.496 e. The molecular weight excluding hydrogens is 428 g/mol. The second-order valence-electron chi connectivity index (χ2n) is 6.69. The van der Waals surface area contributed by atoms with Gasteiger partial charge in [0.1, 0.15) is 11.4 Å². The average molecular weight is 447 g/mol. The topological polar surface area (TPSA) is 41.9 Å². The number of benzene rings is 3. The lowest BCUT2D eigenvalue weighted by Crippen LogP contribution is -2.32. The summed E-state index contributed by atoms with van der Waals surface area (Å²) in [7, 11) is 1.62. The van der Waals surface area contributed by atoms with Gasteiger partial charge in [-0.2, -0.15) is 0 Å². The molecule has 1 aliphatic rings. The summed E-state index contributed by atoms with van der Waals surface area (Å²) in [5, 5.41) is 0. The van der Waals surface area contributed by atoms with E-state index in [-0.39, 0.29) is 5.91 Å². The molecule has 0 atom stereocenters. The molecule has 0 saturated heterocycles. The molecule has 5 heteroatoms. The Hall–Kier alpha value is -3.18. The van der Waals surface area contributed by atoms with Crippen molar-refractivity contribution in [1.29, 1.82) is 0 Å². The normalized spacial score (nSPS) is 15.0. The monoisotopic (exact) mass is 446 g/mol. The van der Waals surface area contributed by atoms with Crippen molar-refractivity contribution in [1.82, 2.24) is 0 Å². The molecule has 1 amide bonds. The number of hydrogen-bond donors (Lipinski definition) is 0. The molecule has 4 rings (SSSR count). The number of methoxy groups -OCH3 is 1. The Balaban J connectivity index is 1.85. The van der Waals surface area contributed by atoms with E-state index in [1.165, 1.54) is 0 Å². The first-order valence-corrected chi connectivity index (χ1v) is 9.96. The van der Waals surface area contributed by atoms with E-state index in [4.69, 9.17) is 9.73 Å². The van der Waals surface area contributed by atoms with Gasteiger partial charge in [0.15, 0.2) is 5.84 Å². The number of amidine groups is 1. The summed E-state index contributed by atoms with van der Waals surface area (Å²) in [6.45, 7) is 2.02. The first-order valence-electron chi connectivity index (χ1n) is 9.17. The van der Waals surface area contributed by atoms with Gasteiger partial charge in [-0.25, -0.2) is 4.99 Å². The number of rotatable bonds is 4. The van der Waals surface area contributed by atoms with E-state index in [0.717, 1.165) is 26.9 Å². The van der Waals surface area contributed by atoms with Crippen LogP contribution in [0.4, 0.5) is 5.69 Å². The molecule has 1 heterocycles. The van der Waals surface area contributed by atoms with E-state index in [1.807, 2.05) is 79.7 Å². The second-order valence-corrected chi connectivity index (χ2v) is 7.61. The molecule has 29 heavy (non-hydrogen) atoms. The van der Waals surface area contributed by atoms with Crippen LogP contribution in [0.15, 0.2) is 88.0 Å². The van der Waals surface area contributed by atoms with Gasteiger partial charge >= 0.3 is 0 Å². The summed E-state index contributed by atoms with van der Waals surface area (Å²) in [6.07, 6.45) is 1.80. The molecule has 3 aromatic carbocycles. The van der Waals surface area contributed by atoms with Crippen LogP contribution < -0.4 is 9.64 Å². The van der Waals surface area contributed by atoms with Crippen molar-refractivity contribution in [2.24, 2.45) is 4.99 Å². The van der Waals surface area contributed by atoms with Crippen molar-refractivity contribution < 1.29 is 9.53 Å². The fourth-order valence-electron chi connectivity index (χ4n) is 3.18. The zero-order valence-electron chi connectivity index (χ0n) is 16.1. The van der Waals surface area contributed by atoms with E-state index in [1.54, 1.807) is 18.1 Å². The predicted molar refractivity (Wildman–Crippen MR) is 120 cm³/mol. The summed E-state index contributed by atoms with van der Waals surface area (Å²) < 4.78 is 6.50. The number of nitrogens with zero attached hydrogens (tertiary/aromatic N) is 2. The van der Waals surface area contributed by atoms with Crippen molar-refractivity contribution in [3.05, 3.63) is 99.7 Å². The number of carbonyl (C=O) groups is 1. The van der Waals surface area contributed by atoms with Crippen LogP contribution in [-0.2, 0) is 4.79 Å². The predicted octanol–water partition coefficient (Wildman–Crippen LogP) is 5.60. The minimum atomic E-state index is -0.169. The summed E-state index contributed by atoms with van der Waals surface area (Å²) in [6, 6.07) is 23.2. The molecule has 0 N–H and O–H groups in total. The van der Waals surface area contributed by atoms with Crippen LogP contribution in [0.1, 0.15) is 16.7 Å². The summed E-state index contributed by atoms with van der Waals surface area (Å²) >= 11 is 3.43. The molecule has 0 saturated carbocycles. The molecule has 0 aromatic heterocycles. The van der Waals surface area contributed by atoms with Crippen LogP contribution in [0.2, 0.25) is 0 Å². The lowest BCUT2D eigenvalue weighted by molar-refractivity contribution is -0.113. The SMILES string of the molecule is COc1ccccc1C1=N/C(=C/c2ccc(Br)cc2)C(=O)N1c1ccc(C)cc1. The van der Waals surface area contributed by atoms with Crippen molar-refractivity contribution in [3.8, 4) is 5.75 Å². The highest BCUT2D eigenvalue weighted by atomic mass is 79.9. The average Bonchev–Trinajstić information content (AvgIpc) is 3.06. The quantitative estimate of drug-likeness (QED) is 0.489. The largest absolute Gasteiger partial charge is 0.496 e. The zero-order valence-corrected chi connectivity index (χ0v) is 17.7. The molecule has 0 aliphatic carbocycles. The standard InChI is InChI=1S/C24H19BrN2O2/c1-16-7-13-19(14-8-16)27-23(20-5-3-4-6-22(20)29-2)26-21(24(27)28)15-17-9-11-18(25)12-10-17/h3-15H,1-2H3/b21-15+. The lowest BCUT2D eigenvalue weighted by atomic mass is 10.1. The maximum Gasteiger partial charge on any atom is 0.282 e. The Morgan fingerprint density at radius 2 is 1.66 bits per heavy atom. The van der Waals surface area contributed by atoms with Gasteiger partial charge < -0.3 is 4.74 Å². The second kappa shape index (κ2) is 8.05. The van der Waals surface area contributed by atoms with Gasteiger partial charge in [-0.3, -0.25) is 9.69 Å². The van der Waals surface area contributed by atoms with Crippen LogP contribution in [0, 0.1) is 6.92 Å². The van der Waals surface area contributed by atoms with Crippen molar-refractivity contribution >= 4 is 39.4 Å². The van der Waals surface area contributed by atoms with Gasteiger partial charge in [0.25, 0.3) is 5.91 Å². The van der Waals surface area contributed by atoms with E-state index >= 15 is 0 Å². The van der Waals surface area contributed by atoms with Gasteiger partial charge in [0.05, 0.1) is 18.4 Å². The highest BCUT2D eigenvalue weighted by molar-refractivity contribution is 9.10. The molecule has 0 unspecified atom stereocenters. The van der Waals surface area contributed by atoms with E-state index in [0.29, 0.717) is 17.3 Å². The Morgan fingerprint density at radius 1 is 0.966 bits per heavy atom. The van der Waals surface area contributed by atoms with Crippen LogP contribution >= 0.6 is 15.9 Å². The maximum absolute atomic E-state index is 13.3. The molecule has 3 aromatic rings. The third-order valence-corrected chi connectivity index (χ3v) is 5.20. The number of aliphatic imine (C=N–C) groups is 1. The summed E-state index contributed by atoms with van der Waals surface area (Å²) in [4.78, 5) is 19.7. The van der Waals surface area contributed by atoms with Crippen LogP contribution in [0.25, 0.3) is 6.08 Å². The molecule has 1 aliphatic heterocycles. The highest BCUT2D eigenvalue weighted by Crippen LogP contribution is 2.31. The van der Waals surface area contributed by atoms with E-state index in [9.17, 15) is 4.79 Å². The smallest absolute Gasteiger partial charge is 0.282 e. The van der Waals surface area contributed by atoms with Crippen LogP contribution in [-0.4, -0.2) is 18.9 Å². The summed E-state index contributed by atoms with van der Waals surface area (Å²) in [5.41, 5.74) is 3.95. The van der Waals surface area contributed by atoms with Gasteiger partial charge in [-0.1, -0.05) is 57.9 Å².